The quantitative estimate of drug-likeness (QED) is 0.517. The van der Waals surface area contributed by atoms with Crippen molar-refractivity contribution < 1.29 is 23.2 Å². The first-order chi connectivity index (χ1) is 12.7. The minimum atomic E-state index is -1.59. The standard InChI is InChI=1S/C18H14F2IN3O3/c1-18(10-5-6-13(19)14(20)7-10)16(26)24(17(27)23-18)9-15(25)22-12-4-2-3-11(21)8-12/h2-8H,9H2,1H3,(H,22,25)(H,23,27). The average molecular weight is 485 g/mol. The molecule has 27 heavy (non-hydrogen) atoms. The van der Waals surface area contributed by atoms with Gasteiger partial charge in [-0.25, -0.2) is 13.6 Å². The molecule has 1 heterocycles. The van der Waals surface area contributed by atoms with Crippen molar-refractivity contribution in [2.45, 2.75) is 12.5 Å². The lowest BCUT2D eigenvalue weighted by atomic mass is 9.92. The van der Waals surface area contributed by atoms with E-state index in [1.165, 1.54) is 13.0 Å². The summed E-state index contributed by atoms with van der Waals surface area (Å²) in [5, 5.41) is 5.05. The molecule has 9 heteroatoms. The first-order valence-electron chi connectivity index (χ1n) is 7.86. The highest BCUT2D eigenvalue weighted by atomic mass is 127. The monoisotopic (exact) mass is 485 g/mol. The van der Waals surface area contributed by atoms with E-state index in [4.69, 9.17) is 0 Å². The number of urea groups is 1. The Balaban J connectivity index is 1.77. The second-order valence-corrected chi connectivity index (χ2v) is 7.38. The summed E-state index contributed by atoms with van der Waals surface area (Å²) < 4.78 is 27.6. The molecule has 0 spiro atoms. The van der Waals surface area contributed by atoms with E-state index in [0.29, 0.717) is 5.69 Å². The third-order valence-electron chi connectivity index (χ3n) is 4.18. The van der Waals surface area contributed by atoms with Gasteiger partial charge in [0.2, 0.25) is 5.91 Å². The van der Waals surface area contributed by atoms with E-state index in [9.17, 15) is 23.2 Å². The van der Waals surface area contributed by atoms with E-state index < -0.39 is 41.6 Å². The second-order valence-electron chi connectivity index (χ2n) is 6.13. The second kappa shape index (κ2) is 7.22. The zero-order valence-electron chi connectivity index (χ0n) is 14.1. The molecule has 2 N–H and O–H groups in total. The van der Waals surface area contributed by atoms with Gasteiger partial charge in [0.15, 0.2) is 11.6 Å². The Labute approximate surface area is 167 Å². The van der Waals surface area contributed by atoms with Gasteiger partial charge in [-0.2, -0.15) is 0 Å². The maximum absolute atomic E-state index is 13.5. The van der Waals surface area contributed by atoms with Crippen LogP contribution in [0.4, 0.5) is 19.3 Å². The summed E-state index contributed by atoms with van der Waals surface area (Å²) in [5.41, 5.74) is -0.976. The van der Waals surface area contributed by atoms with E-state index in [2.05, 4.69) is 33.2 Å². The van der Waals surface area contributed by atoms with Crippen molar-refractivity contribution in [3.8, 4) is 0 Å². The number of amides is 4. The first-order valence-corrected chi connectivity index (χ1v) is 8.93. The highest BCUT2D eigenvalue weighted by Crippen LogP contribution is 2.29. The van der Waals surface area contributed by atoms with Crippen LogP contribution in [0.15, 0.2) is 42.5 Å². The Morgan fingerprint density at radius 1 is 1.19 bits per heavy atom. The fourth-order valence-corrected chi connectivity index (χ4v) is 3.30. The molecule has 0 aliphatic carbocycles. The lowest BCUT2D eigenvalue weighted by Crippen LogP contribution is -2.42. The minimum Gasteiger partial charge on any atom is -0.324 e. The summed E-state index contributed by atoms with van der Waals surface area (Å²) in [5.74, 6) is -3.48. The third-order valence-corrected chi connectivity index (χ3v) is 4.85. The fourth-order valence-electron chi connectivity index (χ4n) is 2.75. The largest absolute Gasteiger partial charge is 0.325 e. The molecule has 0 bridgehead atoms. The van der Waals surface area contributed by atoms with Crippen molar-refractivity contribution in [1.82, 2.24) is 10.2 Å². The van der Waals surface area contributed by atoms with Crippen LogP contribution in [0.1, 0.15) is 12.5 Å². The van der Waals surface area contributed by atoms with Crippen molar-refractivity contribution in [2.24, 2.45) is 0 Å². The number of halogens is 3. The van der Waals surface area contributed by atoms with Crippen molar-refractivity contribution >= 4 is 46.1 Å². The molecule has 3 rings (SSSR count). The molecular formula is C18H14F2IN3O3. The van der Waals surface area contributed by atoms with Crippen LogP contribution in [-0.4, -0.2) is 29.3 Å². The lowest BCUT2D eigenvalue weighted by molar-refractivity contribution is -0.133. The van der Waals surface area contributed by atoms with Gasteiger partial charge >= 0.3 is 6.03 Å². The summed E-state index contributed by atoms with van der Waals surface area (Å²) >= 11 is 2.09. The Kier molecular flexibility index (Phi) is 5.13. The van der Waals surface area contributed by atoms with Crippen LogP contribution in [0.5, 0.6) is 0 Å². The van der Waals surface area contributed by atoms with Gasteiger partial charge in [-0.3, -0.25) is 14.5 Å². The Morgan fingerprint density at radius 2 is 1.93 bits per heavy atom. The first kappa shape index (κ1) is 19.2. The third kappa shape index (κ3) is 3.77. The van der Waals surface area contributed by atoms with Crippen molar-refractivity contribution in [3.05, 3.63) is 63.2 Å². The number of carbonyl (C=O) groups excluding carboxylic acids is 3. The van der Waals surface area contributed by atoms with E-state index in [1.807, 2.05) is 6.07 Å². The van der Waals surface area contributed by atoms with E-state index in [1.54, 1.807) is 18.2 Å². The molecule has 0 saturated carbocycles. The molecule has 1 fully saturated rings. The van der Waals surface area contributed by atoms with Gasteiger partial charge in [0.25, 0.3) is 5.91 Å². The predicted molar refractivity (Wildman–Crippen MR) is 102 cm³/mol. The smallest absolute Gasteiger partial charge is 0.324 e. The molecule has 0 radical (unpaired) electrons. The van der Waals surface area contributed by atoms with Gasteiger partial charge < -0.3 is 10.6 Å². The molecule has 2 aromatic rings. The highest BCUT2D eigenvalue weighted by Gasteiger charge is 2.49. The number of nitrogens with one attached hydrogen (secondary N) is 2. The molecule has 1 aliphatic rings. The zero-order valence-corrected chi connectivity index (χ0v) is 16.2. The number of rotatable bonds is 4. The summed E-state index contributed by atoms with van der Waals surface area (Å²) in [6, 6.07) is 9.17. The molecule has 140 valence electrons. The number of nitrogens with zero attached hydrogens (tertiary/aromatic N) is 1. The molecule has 4 amide bonds. The van der Waals surface area contributed by atoms with Gasteiger partial charge in [-0.1, -0.05) is 12.1 Å². The number of hydrogen-bond donors (Lipinski definition) is 2. The van der Waals surface area contributed by atoms with E-state index in [0.717, 1.165) is 20.6 Å². The lowest BCUT2D eigenvalue weighted by Gasteiger charge is -2.22. The molecule has 1 aliphatic heterocycles. The van der Waals surface area contributed by atoms with E-state index >= 15 is 0 Å². The molecule has 2 aromatic carbocycles. The topological polar surface area (TPSA) is 78.5 Å². The van der Waals surface area contributed by atoms with Crippen molar-refractivity contribution in [3.63, 3.8) is 0 Å². The van der Waals surface area contributed by atoms with Gasteiger partial charge in [0.1, 0.15) is 12.1 Å². The van der Waals surface area contributed by atoms with Crippen LogP contribution in [0.25, 0.3) is 0 Å². The molecule has 1 saturated heterocycles. The number of carbonyl (C=O) groups is 3. The molecule has 1 atom stereocenters. The maximum Gasteiger partial charge on any atom is 0.325 e. The normalized spacial score (nSPS) is 19.2. The SMILES string of the molecule is CC1(c2ccc(F)c(F)c2)NC(=O)N(CC(=O)Nc2cccc(I)c2)C1=O. The molecule has 6 nitrogen and oxygen atoms in total. The highest BCUT2D eigenvalue weighted by molar-refractivity contribution is 14.1. The fraction of sp³-hybridized carbons (Fsp3) is 0.167. The van der Waals surface area contributed by atoms with E-state index in [-0.39, 0.29) is 5.56 Å². The summed E-state index contributed by atoms with van der Waals surface area (Å²) in [6.45, 7) is 0.868. The summed E-state index contributed by atoms with van der Waals surface area (Å²) in [7, 11) is 0. The zero-order chi connectivity index (χ0) is 19.8. The predicted octanol–water partition coefficient (Wildman–Crippen LogP) is 2.98. The van der Waals surface area contributed by atoms with Crippen LogP contribution in [0.3, 0.4) is 0 Å². The number of anilines is 1. The van der Waals surface area contributed by atoms with Crippen molar-refractivity contribution in [2.75, 3.05) is 11.9 Å². The number of hydrogen-bond acceptors (Lipinski definition) is 3. The molecule has 0 aromatic heterocycles. The maximum atomic E-state index is 13.5. The van der Waals surface area contributed by atoms with Gasteiger partial charge in [-0.05, 0) is 65.4 Å². The number of benzene rings is 2. The number of imide groups is 1. The minimum absolute atomic E-state index is 0.0836. The summed E-state index contributed by atoms with van der Waals surface area (Å²) in [4.78, 5) is 37.9. The van der Waals surface area contributed by atoms with Crippen LogP contribution in [0, 0.1) is 15.2 Å². The Morgan fingerprint density at radius 3 is 2.59 bits per heavy atom. The van der Waals surface area contributed by atoms with Gasteiger partial charge in [0.05, 0.1) is 0 Å². The van der Waals surface area contributed by atoms with Gasteiger partial charge in [0, 0.05) is 9.26 Å². The summed E-state index contributed by atoms with van der Waals surface area (Å²) in [6.07, 6.45) is 0. The Hall–Kier alpha value is -2.56. The Bertz CT molecular complexity index is 953. The molecular weight excluding hydrogens is 471 g/mol. The van der Waals surface area contributed by atoms with Crippen LogP contribution < -0.4 is 10.6 Å². The van der Waals surface area contributed by atoms with Crippen LogP contribution >= 0.6 is 22.6 Å². The van der Waals surface area contributed by atoms with Crippen LogP contribution in [0.2, 0.25) is 0 Å². The van der Waals surface area contributed by atoms with Crippen molar-refractivity contribution in [1.29, 1.82) is 0 Å². The average Bonchev–Trinajstić information content (AvgIpc) is 2.81. The van der Waals surface area contributed by atoms with Crippen LogP contribution in [-0.2, 0) is 15.1 Å². The molecule has 1 unspecified atom stereocenters. The van der Waals surface area contributed by atoms with Gasteiger partial charge in [-0.15, -0.1) is 0 Å².